The number of hydrogen-bond donors (Lipinski definition) is 1. The Morgan fingerprint density at radius 3 is 2.78 bits per heavy atom. The molecular weight excluding hydrogens is 234 g/mol. The number of nitro groups is 1. The molecule has 6 heteroatoms. The number of nitrogens with zero attached hydrogens (tertiary/aromatic N) is 2. The number of rotatable bonds is 3. The standard InChI is InChI=1S/C12H13N3O3/c13-8-9-7-11(1-2-12(9)15(16)17)18-10-3-5-14-6-4-10/h1-2,7,10,14H,3-6H2. The number of nitro benzene ring substituents is 1. The van der Waals surface area contributed by atoms with Crippen molar-refractivity contribution in [1.29, 1.82) is 5.26 Å². The fraction of sp³-hybridized carbons (Fsp3) is 0.417. The molecule has 0 unspecified atom stereocenters. The third kappa shape index (κ3) is 2.76. The van der Waals surface area contributed by atoms with Gasteiger partial charge in [-0.15, -0.1) is 0 Å². The minimum atomic E-state index is -0.563. The fourth-order valence-electron chi connectivity index (χ4n) is 1.94. The topological polar surface area (TPSA) is 88.2 Å². The molecule has 2 rings (SSSR count). The van der Waals surface area contributed by atoms with Crippen LogP contribution in [0.15, 0.2) is 18.2 Å². The molecule has 1 saturated heterocycles. The molecule has 0 atom stereocenters. The van der Waals surface area contributed by atoms with Crippen molar-refractivity contribution in [2.24, 2.45) is 0 Å². The average molecular weight is 247 g/mol. The summed E-state index contributed by atoms with van der Waals surface area (Å²) in [6, 6.07) is 6.11. The average Bonchev–Trinajstić information content (AvgIpc) is 2.39. The van der Waals surface area contributed by atoms with Gasteiger partial charge >= 0.3 is 0 Å². The van der Waals surface area contributed by atoms with Gasteiger partial charge < -0.3 is 10.1 Å². The molecule has 1 aromatic carbocycles. The SMILES string of the molecule is N#Cc1cc(OC2CCNCC2)ccc1[N+](=O)[O-]. The molecule has 1 fully saturated rings. The third-order valence-electron chi connectivity index (χ3n) is 2.87. The molecule has 0 spiro atoms. The van der Waals surface area contributed by atoms with Gasteiger partial charge in [-0.25, -0.2) is 0 Å². The zero-order valence-electron chi connectivity index (χ0n) is 9.76. The van der Waals surface area contributed by atoms with E-state index in [1.54, 1.807) is 6.07 Å². The molecule has 6 nitrogen and oxygen atoms in total. The van der Waals surface area contributed by atoms with Crippen LogP contribution in [0, 0.1) is 21.4 Å². The largest absolute Gasteiger partial charge is 0.490 e. The van der Waals surface area contributed by atoms with Crippen LogP contribution in [-0.2, 0) is 0 Å². The van der Waals surface area contributed by atoms with Crippen molar-refractivity contribution in [2.75, 3.05) is 13.1 Å². The van der Waals surface area contributed by atoms with Crippen molar-refractivity contribution >= 4 is 5.69 Å². The summed E-state index contributed by atoms with van der Waals surface area (Å²) in [6.07, 6.45) is 1.91. The smallest absolute Gasteiger partial charge is 0.287 e. The first-order chi connectivity index (χ1) is 8.70. The number of hydrogen-bond acceptors (Lipinski definition) is 5. The van der Waals surface area contributed by atoms with E-state index in [0.717, 1.165) is 25.9 Å². The van der Waals surface area contributed by atoms with E-state index in [2.05, 4.69) is 5.32 Å². The van der Waals surface area contributed by atoms with E-state index >= 15 is 0 Å². The summed E-state index contributed by atoms with van der Waals surface area (Å²) in [6.45, 7) is 1.81. The highest BCUT2D eigenvalue weighted by Gasteiger charge is 2.18. The Bertz CT molecular complexity index is 490. The Kier molecular flexibility index (Phi) is 3.75. The number of nitrogens with one attached hydrogen (secondary N) is 1. The molecule has 18 heavy (non-hydrogen) atoms. The van der Waals surface area contributed by atoms with Crippen LogP contribution in [0.2, 0.25) is 0 Å². The summed E-state index contributed by atoms with van der Waals surface area (Å²) in [4.78, 5) is 10.1. The molecule has 1 aliphatic rings. The molecule has 0 amide bonds. The van der Waals surface area contributed by atoms with Gasteiger partial charge in [-0.3, -0.25) is 10.1 Å². The summed E-state index contributed by atoms with van der Waals surface area (Å²) in [5.41, 5.74) is -0.151. The van der Waals surface area contributed by atoms with Crippen LogP contribution < -0.4 is 10.1 Å². The molecule has 94 valence electrons. The predicted molar refractivity (Wildman–Crippen MR) is 64.3 cm³/mol. The van der Waals surface area contributed by atoms with E-state index in [1.807, 2.05) is 6.07 Å². The highest BCUT2D eigenvalue weighted by Crippen LogP contribution is 2.25. The van der Waals surface area contributed by atoms with E-state index < -0.39 is 4.92 Å². The Morgan fingerprint density at radius 2 is 2.17 bits per heavy atom. The van der Waals surface area contributed by atoms with Crippen LogP contribution in [-0.4, -0.2) is 24.1 Å². The van der Waals surface area contributed by atoms with Crippen LogP contribution in [0.4, 0.5) is 5.69 Å². The maximum atomic E-state index is 10.7. The van der Waals surface area contributed by atoms with E-state index in [0.29, 0.717) is 5.75 Å². The van der Waals surface area contributed by atoms with Gasteiger partial charge in [-0.2, -0.15) is 5.26 Å². The first-order valence-electron chi connectivity index (χ1n) is 5.76. The summed E-state index contributed by atoms with van der Waals surface area (Å²) in [5, 5.41) is 22.8. The van der Waals surface area contributed by atoms with E-state index in [9.17, 15) is 10.1 Å². The van der Waals surface area contributed by atoms with Crippen molar-refractivity contribution in [3.8, 4) is 11.8 Å². The van der Waals surface area contributed by atoms with Gasteiger partial charge in [0.1, 0.15) is 23.5 Å². The van der Waals surface area contributed by atoms with Crippen molar-refractivity contribution in [3.63, 3.8) is 0 Å². The first kappa shape index (κ1) is 12.3. The fourth-order valence-corrected chi connectivity index (χ4v) is 1.94. The van der Waals surface area contributed by atoms with Crippen molar-refractivity contribution in [3.05, 3.63) is 33.9 Å². The predicted octanol–water partition coefficient (Wildman–Crippen LogP) is 1.60. The summed E-state index contributed by atoms with van der Waals surface area (Å²) in [7, 11) is 0. The van der Waals surface area contributed by atoms with Crippen LogP contribution in [0.1, 0.15) is 18.4 Å². The van der Waals surface area contributed by atoms with Gasteiger partial charge in [-0.1, -0.05) is 0 Å². The van der Waals surface area contributed by atoms with Crippen molar-refractivity contribution < 1.29 is 9.66 Å². The van der Waals surface area contributed by atoms with Gasteiger partial charge in [0, 0.05) is 12.1 Å². The van der Waals surface area contributed by atoms with Crippen molar-refractivity contribution in [1.82, 2.24) is 5.32 Å². The second-order valence-corrected chi connectivity index (χ2v) is 4.12. The molecule has 0 bridgehead atoms. The normalized spacial score (nSPS) is 15.9. The lowest BCUT2D eigenvalue weighted by Crippen LogP contribution is -2.34. The molecule has 0 saturated carbocycles. The summed E-state index contributed by atoms with van der Waals surface area (Å²) in [5.74, 6) is 0.518. The van der Waals surface area contributed by atoms with Gasteiger partial charge in [0.25, 0.3) is 5.69 Å². The number of ether oxygens (including phenoxy) is 1. The minimum Gasteiger partial charge on any atom is -0.490 e. The van der Waals surface area contributed by atoms with Crippen LogP contribution in [0.5, 0.6) is 5.75 Å². The molecule has 0 aromatic heterocycles. The second kappa shape index (κ2) is 5.47. The molecule has 0 radical (unpaired) electrons. The van der Waals surface area contributed by atoms with Gasteiger partial charge in [0.2, 0.25) is 0 Å². The Labute approximate surface area is 104 Å². The molecular formula is C12H13N3O3. The summed E-state index contributed by atoms with van der Waals surface area (Å²) < 4.78 is 5.72. The maximum absolute atomic E-state index is 10.7. The summed E-state index contributed by atoms with van der Waals surface area (Å²) >= 11 is 0. The quantitative estimate of drug-likeness (QED) is 0.647. The van der Waals surface area contributed by atoms with Crippen LogP contribution in [0.25, 0.3) is 0 Å². The van der Waals surface area contributed by atoms with E-state index in [-0.39, 0.29) is 17.4 Å². The monoisotopic (exact) mass is 247 g/mol. The Morgan fingerprint density at radius 1 is 1.44 bits per heavy atom. The Hall–Kier alpha value is -2.13. The van der Waals surface area contributed by atoms with Crippen molar-refractivity contribution in [2.45, 2.75) is 18.9 Å². The molecule has 0 aliphatic carbocycles. The lowest BCUT2D eigenvalue weighted by atomic mass is 10.1. The third-order valence-corrected chi connectivity index (χ3v) is 2.87. The minimum absolute atomic E-state index is 0.0337. The second-order valence-electron chi connectivity index (χ2n) is 4.12. The van der Waals surface area contributed by atoms with E-state index in [4.69, 9.17) is 10.00 Å². The van der Waals surface area contributed by atoms with Crippen LogP contribution >= 0.6 is 0 Å². The molecule has 1 heterocycles. The van der Waals surface area contributed by atoms with E-state index in [1.165, 1.54) is 12.1 Å². The highest BCUT2D eigenvalue weighted by atomic mass is 16.6. The zero-order chi connectivity index (χ0) is 13.0. The lowest BCUT2D eigenvalue weighted by Gasteiger charge is -2.23. The molecule has 1 N–H and O–H groups in total. The highest BCUT2D eigenvalue weighted by molar-refractivity contribution is 5.52. The number of piperidine rings is 1. The van der Waals surface area contributed by atoms with Crippen LogP contribution in [0.3, 0.4) is 0 Å². The van der Waals surface area contributed by atoms with Gasteiger partial charge in [-0.05, 0) is 32.0 Å². The number of benzene rings is 1. The zero-order valence-corrected chi connectivity index (χ0v) is 9.76. The maximum Gasteiger partial charge on any atom is 0.287 e. The molecule has 1 aromatic rings. The van der Waals surface area contributed by atoms with Gasteiger partial charge in [0.15, 0.2) is 0 Å². The molecule has 1 aliphatic heterocycles. The first-order valence-corrected chi connectivity index (χ1v) is 5.76. The Balaban J connectivity index is 2.14. The number of nitriles is 1. The van der Waals surface area contributed by atoms with Gasteiger partial charge in [0.05, 0.1) is 4.92 Å². The lowest BCUT2D eigenvalue weighted by molar-refractivity contribution is -0.385.